The van der Waals surface area contributed by atoms with E-state index in [1.165, 1.54) is 31.2 Å². The number of rotatable bonds is 5. The summed E-state index contributed by atoms with van der Waals surface area (Å²) >= 11 is 0. The fraction of sp³-hybridized carbons (Fsp3) is 0.143. The van der Waals surface area contributed by atoms with Gasteiger partial charge in [0.25, 0.3) is 10.0 Å². The molecule has 21 heavy (non-hydrogen) atoms. The summed E-state index contributed by atoms with van der Waals surface area (Å²) in [5.74, 6) is -0.0264. The quantitative estimate of drug-likeness (QED) is 0.914. The van der Waals surface area contributed by atoms with Crippen molar-refractivity contribution in [3.05, 3.63) is 54.6 Å². The van der Waals surface area contributed by atoms with E-state index in [9.17, 15) is 16.8 Å². The predicted molar refractivity (Wildman–Crippen MR) is 81.4 cm³/mol. The number of hydrogen-bond acceptors (Lipinski definition) is 4. The minimum Gasteiger partial charge on any atom is -0.280 e. The van der Waals surface area contributed by atoms with Gasteiger partial charge in [0.05, 0.1) is 15.5 Å². The third-order valence-corrected chi connectivity index (χ3v) is 6.05. The van der Waals surface area contributed by atoms with E-state index in [1.54, 1.807) is 30.3 Å². The zero-order valence-corrected chi connectivity index (χ0v) is 13.0. The molecule has 0 aliphatic carbocycles. The highest BCUT2D eigenvalue weighted by Gasteiger charge is 2.16. The van der Waals surface area contributed by atoms with Gasteiger partial charge in [-0.25, -0.2) is 16.8 Å². The van der Waals surface area contributed by atoms with Gasteiger partial charge in [-0.2, -0.15) is 0 Å². The van der Waals surface area contributed by atoms with Crippen LogP contribution in [0.2, 0.25) is 0 Å². The van der Waals surface area contributed by atoms with Gasteiger partial charge in [0.15, 0.2) is 9.84 Å². The van der Waals surface area contributed by atoms with Crippen LogP contribution in [-0.4, -0.2) is 22.6 Å². The molecule has 7 heteroatoms. The van der Waals surface area contributed by atoms with E-state index in [-0.39, 0.29) is 15.5 Å². The number of para-hydroxylation sites is 1. The van der Waals surface area contributed by atoms with E-state index in [1.807, 2.05) is 0 Å². The second-order valence-electron chi connectivity index (χ2n) is 4.35. The van der Waals surface area contributed by atoms with Crippen molar-refractivity contribution in [2.24, 2.45) is 0 Å². The van der Waals surface area contributed by atoms with Crippen LogP contribution in [0.4, 0.5) is 5.69 Å². The molecular weight excluding hydrogens is 310 g/mol. The van der Waals surface area contributed by atoms with Gasteiger partial charge in [-0.15, -0.1) is 0 Å². The number of hydrogen-bond donors (Lipinski definition) is 1. The summed E-state index contributed by atoms with van der Waals surface area (Å²) in [6, 6.07) is 13.7. The van der Waals surface area contributed by atoms with Crippen molar-refractivity contribution in [2.45, 2.75) is 16.7 Å². The van der Waals surface area contributed by atoms with Crippen molar-refractivity contribution in [3.8, 4) is 0 Å². The smallest absolute Gasteiger partial charge is 0.261 e. The van der Waals surface area contributed by atoms with Crippen molar-refractivity contribution in [2.75, 3.05) is 10.5 Å². The fourth-order valence-corrected chi connectivity index (χ4v) is 3.66. The van der Waals surface area contributed by atoms with Crippen LogP contribution < -0.4 is 4.72 Å². The van der Waals surface area contributed by atoms with E-state index in [0.717, 1.165) is 0 Å². The van der Waals surface area contributed by atoms with Gasteiger partial charge in [0.2, 0.25) is 0 Å². The highest BCUT2D eigenvalue weighted by atomic mass is 32.2. The molecule has 0 aliphatic heterocycles. The lowest BCUT2D eigenvalue weighted by Gasteiger charge is -2.08. The van der Waals surface area contributed by atoms with Crippen LogP contribution in [-0.2, 0) is 19.9 Å². The van der Waals surface area contributed by atoms with Crippen LogP contribution in [0.3, 0.4) is 0 Å². The van der Waals surface area contributed by atoms with Gasteiger partial charge in [-0.05, 0) is 36.4 Å². The SMILES string of the molecule is CCS(=O)(=O)c1ccc(S(=O)(=O)Nc2ccccc2)cc1. The fourth-order valence-electron chi connectivity index (χ4n) is 1.71. The van der Waals surface area contributed by atoms with Crippen molar-refractivity contribution in [3.63, 3.8) is 0 Å². The molecule has 0 atom stereocenters. The molecule has 1 N–H and O–H groups in total. The molecule has 0 amide bonds. The van der Waals surface area contributed by atoms with Crippen LogP contribution in [0.25, 0.3) is 0 Å². The Hall–Kier alpha value is -1.86. The maximum absolute atomic E-state index is 12.2. The molecule has 2 aromatic rings. The summed E-state index contributed by atoms with van der Waals surface area (Å²) in [5, 5.41) is 0. The van der Waals surface area contributed by atoms with Gasteiger partial charge < -0.3 is 0 Å². The molecule has 0 spiro atoms. The van der Waals surface area contributed by atoms with E-state index in [0.29, 0.717) is 5.69 Å². The first-order valence-electron chi connectivity index (χ1n) is 6.26. The topological polar surface area (TPSA) is 80.3 Å². The lowest BCUT2D eigenvalue weighted by atomic mass is 10.3. The molecule has 0 heterocycles. The molecular formula is C14H15NO4S2. The average Bonchev–Trinajstić information content (AvgIpc) is 2.48. The Balaban J connectivity index is 2.30. The summed E-state index contributed by atoms with van der Waals surface area (Å²) in [5.41, 5.74) is 0.447. The second-order valence-corrected chi connectivity index (χ2v) is 8.31. The van der Waals surface area contributed by atoms with Gasteiger partial charge in [-0.1, -0.05) is 25.1 Å². The minimum absolute atomic E-state index is 0.0152. The van der Waals surface area contributed by atoms with Crippen LogP contribution in [0.15, 0.2) is 64.4 Å². The molecule has 0 aliphatic rings. The molecule has 0 unspecified atom stereocenters. The summed E-state index contributed by atoms with van der Waals surface area (Å²) in [6.07, 6.45) is 0. The molecule has 2 aromatic carbocycles. The number of sulfone groups is 1. The lowest BCUT2D eigenvalue weighted by molar-refractivity contribution is 0.595. The summed E-state index contributed by atoms with van der Waals surface area (Å²) in [4.78, 5) is 0.130. The highest BCUT2D eigenvalue weighted by molar-refractivity contribution is 7.92. The number of anilines is 1. The summed E-state index contributed by atoms with van der Waals surface area (Å²) in [6.45, 7) is 1.54. The third-order valence-electron chi connectivity index (χ3n) is 2.90. The molecule has 5 nitrogen and oxygen atoms in total. The Morgan fingerprint density at radius 2 is 1.33 bits per heavy atom. The number of nitrogens with one attached hydrogen (secondary N) is 1. The van der Waals surface area contributed by atoms with Crippen molar-refractivity contribution >= 4 is 25.5 Å². The molecule has 0 saturated heterocycles. The summed E-state index contributed by atoms with van der Waals surface area (Å²) < 4.78 is 50.1. The van der Waals surface area contributed by atoms with Crippen molar-refractivity contribution in [1.82, 2.24) is 0 Å². The first-order chi connectivity index (χ1) is 9.85. The lowest BCUT2D eigenvalue weighted by Crippen LogP contribution is -2.13. The minimum atomic E-state index is -3.73. The van der Waals surface area contributed by atoms with Crippen LogP contribution >= 0.6 is 0 Å². The third kappa shape index (κ3) is 3.62. The predicted octanol–water partition coefficient (Wildman–Crippen LogP) is 2.28. The highest BCUT2D eigenvalue weighted by Crippen LogP contribution is 2.18. The second kappa shape index (κ2) is 5.87. The molecule has 0 bridgehead atoms. The van der Waals surface area contributed by atoms with Crippen LogP contribution in [0.1, 0.15) is 6.92 Å². The first kappa shape index (κ1) is 15.5. The van der Waals surface area contributed by atoms with Crippen LogP contribution in [0, 0.1) is 0 Å². The Kier molecular flexibility index (Phi) is 4.34. The van der Waals surface area contributed by atoms with Gasteiger partial charge in [-0.3, -0.25) is 4.72 Å². The Morgan fingerprint density at radius 3 is 1.86 bits per heavy atom. The zero-order chi connectivity index (χ0) is 15.5. The van der Waals surface area contributed by atoms with E-state index < -0.39 is 19.9 Å². The maximum Gasteiger partial charge on any atom is 0.261 e. The van der Waals surface area contributed by atoms with Crippen molar-refractivity contribution < 1.29 is 16.8 Å². The number of benzene rings is 2. The largest absolute Gasteiger partial charge is 0.280 e. The van der Waals surface area contributed by atoms with Gasteiger partial charge in [0, 0.05) is 5.69 Å². The molecule has 0 aromatic heterocycles. The van der Waals surface area contributed by atoms with Gasteiger partial charge >= 0.3 is 0 Å². The van der Waals surface area contributed by atoms with Crippen LogP contribution in [0.5, 0.6) is 0 Å². The molecule has 112 valence electrons. The first-order valence-corrected chi connectivity index (χ1v) is 9.39. The Morgan fingerprint density at radius 1 is 0.810 bits per heavy atom. The molecule has 2 rings (SSSR count). The van der Waals surface area contributed by atoms with E-state index in [4.69, 9.17) is 0 Å². The maximum atomic E-state index is 12.2. The van der Waals surface area contributed by atoms with Gasteiger partial charge in [0.1, 0.15) is 0 Å². The Bertz CT molecular complexity index is 811. The normalized spacial score (nSPS) is 12.0. The van der Waals surface area contributed by atoms with E-state index in [2.05, 4.69) is 4.72 Å². The standard InChI is InChI=1S/C14H15NO4S2/c1-2-20(16,17)13-8-10-14(11-9-13)21(18,19)15-12-6-4-3-5-7-12/h3-11,15H,2H2,1H3. The molecule has 0 saturated carbocycles. The zero-order valence-electron chi connectivity index (χ0n) is 11.4. The van der Waals surface area contributed by atoms with Crippen molar-refractivity contribution in [1.29, 1.82) is 0 Å². The molecule has 0 fully saturated rings. The van der Waals surface area contributed by atoms with E-state index >= 15 is 0 Å². The average molecular weight is 325 g/mol. The monoisotopic (exact) mass is 325 g/mol. The number of sulfonamides is 1. The molecule has 0 radical (unpaired) electrons. The summed E-state index contributed by atoms with van der Waals surface area (Å²) in [7, 11) is -7.06. The Labute approximate surface area is 124 Å².